The van der Waals surface area contributed by atoms with Gasteiger partial charge in [0.15, 0.2) is 4.34 Å². The Bertz CT molecular complexity index is 927. The molecule has 0 saturated heterocycles. The van der Waals surface area contributed by atoms with E-state index in [1.807, 2.05) is 42.5 Å². The van der Waals surface area contributed by atoms with Gasteiger partial charge in [-0.1, -0.05) is 23.9 Å². The van der Waals surface area contributed by atoms with Crippen molar-refractivity contribution in [1.82, 2.24) is 9.97 Å². The van der Waals surface area contributed by atoms with E-state index < -0.39 is 0 Å². The Kier molecular flexibility index (Phi) is 4.23. The summed E-state index contributed by atoms with van der Waals surface area (Å²) in [6.07, 6.45) is 1.71. The van der Waals surface area contributed by atoms with Gasteiger partial charge in [0.05, 0.1) is 23.0 Å². The molecule has 0 aliphatic carbocycles. The van der Waals surface area contributed by atoms with E-state index in [4.69, 9.17) is 9.15 Å². The molecule has 0 radical (unpaired) electrons. The van der Waals surface area contributed by atoms with Crippen LogP contribution in [0.2, 0.25) is 0 Å². The average molecular weight is 354 g/mol. The number of para-hydroxylation sites is 1. The third-order valence-electron chi connectivity index (χ3n) is 3.51. The molecule has 0 aliphatic rings. The number of hydrogen-bond donors (Lipinski definition) is 0. The number of aromatic nitrogens is 2. The van der Waals surface area contributed by atoms with Crippen LogP contribution < -0.4 is 4.74 Å². The Morgan fingerprint density at radius 2 is 1.92 bits per heavy atom. The van der Waals surface area contributed by atoms with E-state index in [1.54, 1.807) is 36.5 Å². The lowest BCUT2D eigenvalue weighted by atomic mass is 10.2. The lowest BCUT2D eigenvalue weighted by Gasteiger charge is -1.99. The summed E-state index contributed by atoms with van der Waals surface area (Å²) >= 11 is 3.38. The van der Waals surface area contributed by atoms with Crippen molar-refractivity contribution in [2.24, 2.45) is 0 Å². The molecule has 0 spiro atoms. The first-order chi connectivity index (χ1) is 11.8. The first kappa shape index (κ1) is 15.2. The summed E-state index contributed by atoms with van der Waals surface area (Å²) < 4.78 is 13.0. The monoisotopic (exact) mass is 354 g/mol. The third-order valence-corrected chi connectivity index (χ3v) is 5.72. The summed E-state index contributed by atoms with van der Waals surface area (Å²) in [5.74, 6) is 2.17. The molecule has 4 aromatic rings. The number of thioether (sulfide) groups is 1. The molecule has 4 nitrogen and oxygen atoms in total. The second-order valence-corrected chi connectivity index (χ2v) is 7.36. The van der Waals surface area contributed by atoms with Crippen molar-refractivity contribution in [3.8, 4) is 17.2 Å². The highest BCUT2D eigenvalue weighted by Crippen LogP contribution is 2.31. The highest BCUT2D eigenvalue weighted by Gasteiger charge is 2.09. The topological polar surface area (TPSA) is 48.2 Å². The van der Waals surface area contributed by atoms with Crippen molar-refractivity contribution in [1.29, 1.82) is 0 Å². The van der Waals surface area contributed by atoms with Gasteiger partial charge in [0.25, 0.3) is 0 Å². The van der Waals surface area contributed by atoms with Crippen LogP contribution in [0.25, 0.3) is 21.7 Å². The summed E-state index contributed by atoms with van der Waals surface area (Å²) in [5.41, 5.74) is 2.89. The van der Waals surface area contributed by atoms with Crippen LogP contribution in [0.3, 0.4) is 0 Å². The van der Waals surface area contributed by atoms with Gasteiger partial charge in [0.2, 0.25) is 5.89 Å². The molecule has 24 heavy (non-hydrogen) atoms. The molecule has 0 bridgehead atoms. The molecule has 0 saturated carbocycles. The van der Waals surface area contributed by atoms with E-state index >= 15 is 0 Å². The van der Waals surface area contributed by atoms with Crippen LogP contribution in [0, 0.1) is 0 Å². The predicted molar refractivity (Wildman–Crippen MR) is 97.7 cm³/mol. The van der Waals surface area contributed by atoms with Crippen LogP contribution in [0.5, 0.6) is 5.75 Å². The predicted octanol–water partition coefficient (Wildman–Crippen LogP) is 5.25. The van der Waals surface area contributed by atoms with Gasteiger partial charge in [-0.3, -0.25) is 0 Å². The number of benzene rings is 2. The zero-order chi connectivity index (χ0) is 16.4. The lowest BCUT2D eigenvalue weighted by Crippen LogP contribution is -1.84. The Morgan fingerprint density at radius 1 is 1.08 bits per heavy atom. The molecule has 0 fully saturated rings. The van der Waals surface area contributed by atoms with Crippen LogP contribution in [0.15, 0.2) is 63.6 Å². The van der Waals surface area contributed by atoms with Crippen molar-refractivity contribution in [3.05, 3.63) is 60.5 Å². The number of oxazole rings is 1. The van der Waals surface area contributed by atoms with Crippen molar-refractivity contribution >= 4 is 33.3 Å². The zero-order valence-corrected chi connectivity index (χ0v) is 14.6. The first-order valence-corrected chi connectivity index (χ1v) is 9.19. The van der Waals surface area contributed by atoms with Gasteiger partial charge in [0, 0.05) is 11.3 Å². The summed E-state index contributed by atoms with van der Waals surface area (Å²) in [5, 5.41) is 0. The van der Waals surface area contributed by atoms with Crippen molar-refractivity contribution < 1.29 is 9.15 Å². The van der Waals surface area contributed by atoms with E-state index in [1.165, 1.54) is 4.70 Å². The van der Waals surface area contributed by atoms with Gasteiger partial charge in [-0.05, 0) is 36.4 Å². The largest absolute Gasteiger partial charge is 0.497 e. The summed E-state index contributed by atoms with van der Waals surface area (Å²) in [6.45, 7) is 0. The molecule has 2 aromatic carbocycles. The van der Waals surface area contributed by atoms with Gasteiger partial charge in [-0.2, -0.15) is 0 Å². The van der Waals surface area contributed by atoms with E-state index in [2.05, 4.69) is 16.0 Å². The van der Waals surface area contributed by atoms with Crippen LogP contribution in [0.4, 0.5) is 0 Å². The van der Waals surface area contributed by atoms with Crippen LogP contribution in [-0.4, -0.2) is 17.1 Å². The Labute approximate surface area is 147 Å². The average Bonchev–Trinajstić information content (AvgIpc) is 3.26. The second kappa shape index (κ2) is 6.67. The fourth-order valence-corrected chi connectivity index (χ4v) is 4.23. The van der Waals surface area contributed by atoms with E-state index in [0.717, 1.165) is 32.6 Å². The summed E-state index contributed by atoms with van der Waals surface area (Å²) in [7, 11) is 1.65. The van der Waals surface area contributed by atoms with Gasteiger partial charge < -0.3 is 9.15 Å². The van der Waals surface area contributed by atoms with Gasteiger partial charge in [-0.25, -0.2) is 9.97 Å². The normalized spacial score (nSPS) is 11.0. The van der Waals surface area contributed by atoms with Crippen molar-refractivity contribution in [2.75, 3.05) is 7.11 Å². The van der Waals surface area contributed by atoms with E-state index in [-0.39, 0.29) is 0 Å². The van der Waals surface area contributed by atoms with Crippen LogP contribution >= 0.6 is 23.1 Å². The van der Waals surface area contributed by atoms with Gasteiger partial charge in [-0.15, -0.1) is 11.3 Å². The smallest absolute Gasteiger partial charge is 0.226 e. The number of methoxy groups -OCH3 is 1. The standard InChI is InChI=1S/C18H14N2O2S2/c1-21-14-8-6-12(7-9-14)17-19-13(10-22-17)11-23-18-20-15-4-2-3-5-16(15)24-18/h2-10H,11H2,1H3. The highest BCUT2D eigenvalue weighted by molar-refractivity contribution is 8.00. The van der Waals surface area contributed by atoms with E-state index in [0.29, 0.717) is 5.89 Å². The SMILES string of the molecule is COc1ccc(-c2nc(CSc3nc4ccccc4s3)co2)cc1. The lowest BCUT2D eigenvalue weighted by molar-refractivity contribution is 0.415. The first-order valence-electron chi connectivity index (χ1n) is 7.39. The summed E-state index contributed by atoms with van der Waals surface area (Å²) in [4.78, 5) is 9.17. The fraction of sp³-hybridized carbons (Fsp3) is 0.111. The molecule has 6 heteroatoms. The maximum Gasteiger partial charge on any atom is 0.226 e. The number of fused-ring (bicyclic) bond motifs is 1. The molecule has 2 aromatic heterocycles. The number of nitrogens with zero attached hydrogens (tertiary/aromatic N) is 2. The van der Waals surface area contributed by atoms with Crippen LogP contribution in [-0.2, 0) is 5.75 Å². The fourth-order valence-electron chi connectivity index (χ4n) is 2.29. The third kappa shape index (κ3) is 3.16. The molecule has 2 heterocycles. The van der Waals surface area contributed by atoms with Gasteiger partial charge in [0.1, 0.15) is 12.0 Å². The van der Waals surface area contributed by atoms with E-state index in [9.17, 15) is 0 Å². The number of rotatable bonds is 5. The zero-order valence-electron chi connectivity index (χ0n) is 12.9. The quantitative estimate of drug-likeness (QED) is 0.458. The Hall–Kier alpha value is -2.31. The number of thiazole rings is 1. The maximum atomic E-state index is 5.59. The van der Waals surface area contributed by atoms with Crippen LogP contribution in [0.1, 0.15) is 5.69 Å². The minimum absolute atomic E-state index is 0.623. The molecule has 0 N–H and O–H groups in total. The minimum atomic E-state index is 0.623. The van der Waals surface area contributed by atoms with Crippen molar-refractivity contribution in [2.45, 2.75) is 10.1 Å². The maximum absolute atomic E-state index is 5.59. The Morgan fingerprint density at radius 3 is 2.71 bits per heavy atom. The molecule has 0 unspecified atom stereocenters. The molecule has 0 atom stereocenters. The number of ether oxygens (including phenoxy) is 1. The molecular formula is C18H14N2O2S2. The highest BCUT2D eigenvalue weighted by atomic mass is 32.2. The minimum Gasteiger partial charge on any atom is -0.497 e. The molecular weight excluding hydrogens is 340 g/mol. The van der Waals surface area contributed by atoms with Gasteiger partial charge >= 0.3 is 0 Å². The molecule has 4 rings (SSSR count). The number of hydrogen-bond acceptors (Lipinski definition) is 6. The van der Waals surface area contributed by atoms with Crippen molar-refractivity contribution in [3.63, 3.8) is 0 Å². The molecule has 0 amide bonds. The second-order valence-electron chi connectivity index (χ2n) is 5.11. The molecule has 0 aliphatic heterocycles. The molecule has 120 valence electrons. The Balaban J connectivity index is 1.46. The summed E-state index contributed by atoms with van der Waals surface area (Å²) in [6, 6.07) is 15.8.